The molecule has 0 saturated carbocycles. The van der Waals surface area contributed by atoms with Crippen LogP contribution in [0, 0.1) is 0 Å². The lowest BCUT2D eigenvalue weighted by Gasteiger charge is -2.34. The fraction of sp³-hybridized carbons (Fsp3) is 0.500. The van der Waals surface area contributed by atoms with Crippen LogP contribution in [0.2, 0.25) is 0 Å². The zero-order valence-electron chi connectivity index (χ0n) is 12.7. The number of halogens is 1. The van der Waals surface area contributed by atoms with E-state index >= 15 is 0 Å². The molecule has 2 aliphatic heterocycles. The number of hydrogen-bond acceptors (Lipinski definition) is 3. The second-order valence-corrected chi connectivity index (χ2v) is 7.04. The first-order valence-corrected chi connectivity index (χ1v) is 8.37. The molecule has 0 spiro atoms. The third-order valence-electron chi connectivity index (χ3n) is 4.29. The quantitative estimate of drug-likeness (QED) is 0.785. The maximum Gasteiger partial charge on any atom is 0.292 e. The van der Waals surface area contributed by atoms with E-state index in [2.05, 4.69) is 15.9 Å². The van der Waals surface area contributed by atoms with Crippen molar-refractivity contribution in [3.05, 3.63) is 28.7 Å². The highest BCUT2D eigenvalue weighted by atomic mass is 79.9. The molecular formula is C16H20BrN2O3+. The van der Waals surface area contributed by atoms with Gasteiger partial charge in [0.15, 0.2) is 6.04 Å². The van der Waals surface area contributed by atoms with Crippen molar-refractivity contribution in [3.8, 4) is 0 Å². The summed E-state index contributed by atoms with van der Waals surface area (Å²) in [6.45, 7) is 5.57. The summed E-state index contributed by atoms with van der Waals surface area (Å²) in [5.74, 6) is -0.208. The van der Waals surface area contributed by atoms with Crippen molar-refractivity contribution >= 4 is 33.4 Å². The summed E-state index contributed by atoms with van der Waals surface area (Å²) in [7, 11) is 0. The third kappa shape index (κ3) is 2.95. The number of rotatable bonds is 2. The molecule has 2 fully saturated rings. The Hall–Kier alpha value is -1.24. The van der Waals surface area contributed by atoms with Gasteiger partial charge >= 0.3 is 0 Å². The summed E-state index contributed by atoms with van der Waals surface area (Å²) >= 11 is 3.37. The third-order valence-corrected chi connectivity index (χ3v) is 4.82. The van der Waals surface area contributed by atoms with Gasteiger partial charge in [-0.25, -0.2) is 4.90 Å². The van der Waals surface area contributed by atoms with Crippen molar-refractivity contribution in [2.45, 2.75) is 38.5 Å². The molecular weight excluding hydrogens is 348 g/mol. The lowest BCUT2D eigenvalue weighted by molar-refractivity contribution is -0.929. The monoisotopic (exact) mass is 367 g/mol. The smallest absolute Gasteiger partial charge is 0.292 e. The molecule has 22 heavy (non-hydrogen) atoms. The van der Waals surface area contributed by atoms with Crippen LogP contribution in [0.5, 0.6) is 0 Å². The highest BCUT2D eigenvalue weighted by Gasteiger charge is 2.47. The number of hydrogen-bond donors (Lipinski definition) is 1. The minimum absolute atomic E-state index is 0.0939. The predicted octanol–water partition coefficient (Wildman–Crippen LogP) is 0.773. The van der Waals surface area contributed by atoms with Crippen molar-refractivity contribution < 1.29 is 19.2 Å². The molecule has 3 atom stereocenters. The Balaban J connectivity index is 1.80. The number of anilines is 1. The molecule has 1 N–H and O–H groups in total. The molecule has 1 aromatic carbocycles. The van der Waals surface area contributed by atoms with E-state index in [0.717, 1.165) is 22.5 Å². The van der Waals surface area contributed by atoms with Crippen LogP contribution in [0.3, 0.4) is 0 Å². The van der Waals surface area contributed by atoms with E-state index in [4.69, 9.17) is 4.74 Å². The fourth-order valence-electron chi connectivity index (χ4n) is 3.41. The molecule has 1 aromatic rings. The number of nitrogens with one attached hydrogen (secondary N) is 1. The van der Waals surface area contributed by atoms with Crippen LogP contribution >= 0.6 is 15.9 Å². The normalized spacial score (nSPS) is 32.6. The van der Waals surface area contributed by atoms with Crippen LogP contribution in [-0.2, 0) is 14.3 Å². The number of imide groups is 1. The summed E-state index contributed by atoms with van der Waals surface area (Å²) in [6.07, 6.45) is 0.510. The Kier molecular flexibility index (Phi) is 4.34. The van der Waals surface area contributed by atoms with E-state index in [1.165, 1.54) is 4.90 Å². The number of benzene rings is 1. The number of nitrogens with zero attached hydrogens (tertiary/aromatic N) is 1. The van der Waals surface area contributed by atoms with E-state index < -0.39 is 0 Å². The number of amides is 2. The molecule has 2 heterocycles. The first-order chi connectivity index (χ1) is 10.5. The van der Waals surface area contributed by atoms with Crippen molar-refractivity contribution in [2.75, 3.05) is 18.0 Å². The molecule has 0 radical (unpaired) electrons. The highest BCUT2D eigenvalue weighted by molar-refractivity contribution is 9.10. The van der Waals surface area contributed by atoms with Gasteiger partial charge in [0.1, 0.15) is 25.3 Å². The highest BCUT2D eigenvalue weighted by Crippen LogP contribution is 2.24. The summed E-state index contributed by atoms with van der Waals surface area (Å²) < 4.78 is 6.65. The van der Waals surface area contributed by atoms with Crippen molar-refractivity contribution in [2.24, 2.45) is 0 Å². The first-order valence-electron chi connectivity index (χ1n) is 7.58. The van der Waals surface area contributed by atoms with Gasteiger partial charge < -0.3 is 9.64 Å². The molecule has 118 valence electrons. The first kappa shape index (κ1) is 15.6. The van der Waals surface area contributed by atoms with Gasteiger partial charge in [-0.3, -0.25) is 9.59 Å². The zero-order valence-corrected chi connectivity index (χ0v) is 14.3. The molecule has 6 heteroatoms. The summed E-state index contributed by atoms with van der Waals surface area (Å²) in [5.41, 5.74) is 0.648. The lowest BCUT2D eigenvalue weighted by Crippen LogP contribution is -3.19. The van der Waals surface area contributed by atoms with Gasteiger partial charge in [0, 0.05) is 4.47 Å². The van der Waals surface area contributed by atoms with E-state index in [9.17, 15) is 9.59 Å². The van der Waals surface area contributed by atoms with Crippen LogP contribution < -0.4 is 9.80 Å². The average Bonchev–Trinajstić information content (AvgIpc) is 2.74. The van der Waals surface area contributed by atoms with E-state index in [1.54, 1.807) is 12.1 Å². The minimum atomic E-state index is -0.287. The Morgan fingerprint density at radius 2 is 1.73 bits per heavy atom. The Morgan fingerprint density at radius 1 is 1.14 bits per heavy atom. The van der Waals surface area contributed by atoms with Crippen LogP contribution in [0.25, 0.3) is 0 Å². The van der Waals surface area contributed by atoms with E-state index in [-0.39, 0.29) is 36.5 Å². The molecule has 2 amide bonds. The summed E-state index contributed by atoms with van der Waals surface area (Å²) in [4.78, 5) is 27.6. The number of morpholine rings is 1. The zero-order chi connectivity index (χ0) is 15.9. The molecule has 3 rings (SSSR count). The second-order valence-electron chi connectivity index (χ2n) is 6.12. The molecule has 5 nitrogen and oxygen atoms in total. The van der Waals surface area contributed by atoms with Gasteiger partial charge in [-0.05, 0) is 38.1 Å². The lowest BCUT2D eigenvalue weighted by atomic mass is 10.1. The SMILES string of the molecule is C[C@@H]1C[NH+]([C@H]2CC(=O)N(c3ccc(Br)cc3)C2=O)C[C@@H](C)O1. The summed E-state index contributed by atoms with van der Waals surface area (Å²) in [6, 6.07) is 6.98. The summed E-state index contributed by atoms with van der Waals surface area (Å²) in [5, 5.41) is 0. The van der Waals surface area contributed by atoms with Gasteiger partial charge in [0.05, 0.1) is 12.1 Å². The van der Waals surface area contributed by atoms with Crippen LogP contribution in [0.1, 0.15) is 20.3 Å². The second kappa shape index (κ2) is 6.10. The maximum absolute atomic E-state index is 12.7. The van der Waals surface area contributed by atoms with Crippen LogP contribution in [-0.4, -0.2) is 43.2 Å². The molecule has 0 unspecified atom stereocenters. The average molecular weight is 368 g/mol. The minimum Gasteiger partial charge on any atom is -0.364 e. The molecule has 0 aromatic heterocycles. The largest absolute Gasteiger partial charge is 0.364 e. The van der Waals surface area contributed by atoms with Crippen LogP contribution in [0.4, 0.5) is 5.69 Å². The Morgan fingerprint density at radius 3 is 2.32 bits per heavy atom. The van der Waals surface area contributed by atoms with Gasteiger partial charge in [0.2, 0.25) is 5.91 Å². The number of carbonyl (C=O) groups is 2. The van der Waals surface area contributed by atoms with Gasteiger partial charge in [-0.2, -0.15) is 0 Å². The standard InChI is InChI=1S/C16H19BrN2O3/c1-10-8-18(9-11(2)22-10)14-7-15(20)19(16(14)21)13-5-3-12(17)4-6-13/h3-6,10-11,14H,7-9H2,1-2H3/p+1/t10-,11-,14+/m1/s1. The Bertz CT molecular complexity index is 580. The van der Waals surface area contributed by atoms with E-state index in [1.807, 2.05) is 26.0 Å². The van der Waals surface area contributed by atoms with Gasteiger partial charge in [-0.15, -0.1) is 0 Å². The van der Waals surface area contributed by atoms with Gasteiger partial charge in [0.25, 0.3) is 5.91 Å². The predicted molar refractivity (Wildman–Crippen MR) is 85.7 cm³/mol. The van der Waals surface area contributed by atoms with E-state index in [0.29, 0.717) is 5.69 Å². The fourth-order valence-corrected chi connectivity index (χ4v) is 3.68. The number of carbonyl (C=O) groups excluding carboxylic acids is 2. The van der Waals surface area contributed by atoms with Crippen LogP contribution in [0.15, 0.2) is 28.7 Å². The topological polar surface area (TPSA) is 51.0 Å². The van der Waals surface area contributed by atoms with Crippen molar-refractivity contribution in [1.82, 2.24) is 0 Å². The number of quaternary nitrogens is 1. The molecule has 2 aliphatic rings. The maximum atomic E-state index is 12.7. The molecule has 2 saturated heterocycles. The van der Waals surface area contributed by atoms with Gasteiger partial charge in [-0.1, -0.05) is 15.9 Å². The Labute approximate surface area is 138 Å². The number of ether oxygens (including phenoxy) is 1. The van der Waals surface area contributed by atoms with Crippen molar-refractivity contribution in [3.63, 3.8) is 0 Å². The molecule has 0 bridgehead atoms. The van der Waals surface area contributed by atoms with Crippen molar-refractivity contribution in [1.29, 1.82) is 0 Å². The molecule has 0 aliphatic carbocycles.